The van der Waals surface area contributed by atoms with Crippen LogP contribution in [0.5, 0.6) is 0 Å². The zero-order chi connectivity index (χ0) is 11.5. The molecule has 1 heterocycles. The highest BCUT2D eigenvalue weighted by Crippen LogP contribution is 2.21. The highest BCUT2D eigenvalue weighted by molar-refractivity contribution is 5.85. The Bertz CT molecular complexity index is 269. The van der Waals surface area contributed by atoms with Gasteiger partial charge in [0.15, 0.2) is 0 Å². The number of esters is 2. The third-order valence-corrected chi connectivity index (χ3v) is 2.74. The molecule has 1 aliphatic heterocycles. The molecule has 0 aliphatic carbocycles. The Morgan fingerprint density at radius 1 is 1.40 bits per heavy atom. The highest BCUT2D eigenvalue weighted by atomic mass is 16.5. The maximum atomic E-state index is 11.5. The minimum absolute atomic E-state index is 0.336. The van der Waals surface area contributed by atoms with Gasteiger partial charge < -0.3 is 20.1 Å². The van der Waals surface area contributed by atoms with E-state index in [4.69, 9.17) is 4.74 Å². The van der Waals surface area contributed by atoms with E-state index >= 15 is 0 Å². The van der Waals surface area contributed by atoms with Gasteiger partial charge in [0.2, 0.25) is 0 Å². The van der Waals surface area contributed by atoms with Gasteiger partial charge in [-0.3, -0.25) is 9.59 Å². The third kappa shape index (κ3) is 2.10. The van der Waals surface area contributed by atoms with Crippen LogP contribution in [0.15, 0.2) is 0 Å². The predicted molar refractivity (Wildman–Crippen MR) is 52.2 cm³/mol. The number of carbonyl (C=O) groups excluding carboxylic acids is 2. The van der Waals surface area contributed by atoms with Crippen LogP contribution in [-0.4, -0.2) is 51.3 Å². The molecule has 0 aromatic carbocycles. The van der Waals surface area contributed by atoms with Crippen LogP contribution in [0, 0.1) is 0 Å². The molecule has 0 spiro atoms. The zero-order valence-electron chi connectivity index (χ0n) is 9.12. The third-order valence-electron chi connectivity index (χ3n) is 2.74. The lowest BCUT2D eigenvalue weighted by Crippen LogP contribution is -2.52. The van der Waals surface area contributed by atoms with Crippen LogP contribution in [0.25, 0.3) is 0 Å². The van der Waals surface area contributed by atoms with E-state index in [0.29, 0.717) is 13.0 Å². The summed E-state index contributed by atoms with van der Waals surface area (Å²) in [5, 5.41) is 5.82. The molecule has 6 nitrogen and oxygen atoms in total. The quantitative estimate of drug-likeness (QED) is 0.568. The van der Waals surface area contributed by atoms with Crippen molar-refractivity contribution < 1.29 is 19.1 Å². The molecule has 2 atom stereocenters. The molecule has 0 unspecified atom stereocenters. The van der Waals surface area contributed by atoms with Crippen molar-refractivity contribution in [2.24, 2.45) is 0 Å². The summed E-state index contributed by atoms with van der Waals surface area (Å²) in [6.07, 6.45) is 0.336. The topological polar surface area (TPSA) is 76.7 Å². The first-order valence-corrected chi connectivity index (χ1v) is 4.68. The van der Waals surface area contributed by atoms with Crippen LogP contribution in [0.3, 0.4) is 0 Å². The van der Waals surface area contributed by atoms with Gasteiger partial charge in [0.05, 0.1) is 14.2 Å². The van der Waals surface area contributed by atoms with Gasteiger partial charge in [-0.2, -0.15) is 0 Å². The average Bonchev–Trinajstić information content (AvgIpc) is 2.72. The van der Waals surface area contributed by atoms with Gasteiger partial charge in [-0.15, -0.1) is 0 Å². The maximum absolute atomic E-state index is 11.5. The first-order chi connectivity index (χ1) is 7.09. The lowest BCUT2D eigenvalue weighted by atomic mass is 9.96. The lowest BCUT2D eigenvalue weighted by molar-refractivity contribution is -0.148. The standard InChI is InChI=1S/C9H16N2O4/c1-10-9(8(13)15-3)4-6(11-5-9)7(12)14-2/h6,10-11H,4-5H2,1-3H3/t6-,9-/m1/s1. The minimum Gasteiger partial charge on any atom is -0.468 e. The molecular formula is C9H16N2O4. The van der Waals surface area contributed by atoms with Gasteiger partial charge in [0.25, 0.3) is 0 Å². The molecule has 0 amide bonds. The van der Waals surface area contributed by atoms with E-state index < -0.39 is 11.6 Å². The molecule has 0 aromatic heterocycles. The maximum Gasteiger partial charge on any atom is 0.327 e. The van der Waals surface area contributed by atoms with Gasteiger partial charge >= 0.3 is 11.9 Å². The summed E-state index contributed by atoms with van der Waals surface area (Å²) in [4.78, 5) is 22.8. The van der Waals surface area contributed by atoms with E-state index in [-0.39, 0.29) is 11.9 Å². The van der Waals surface area contributed by atoms with Crippen LogP contribution in [-0.2, 0) is 19.1 Å². The normalized spacial score (nSPS) is 29.9. The fourth-order valence-electron chi connectivity index (χ4n) is 1.74. The second kappa shape index (κ2) is 4.59. The number of rotatable bonds is 3. The number of carbonyl (C=O) groups is 2. The summed E-state index contributed by atoms with van der Waals surface area (Å²) in [5.41, 5.74) is -0.826. The van der Waals surface area contributed by atoms with E-state index in [2.05, 4.69) is 15.4 Å². The van der Waals surface area contributed by atoms with Crippen LogP contribution in [0.1, 0.15) is 6.42 Å². The summed E-state index contributed by atoms with van der Waals surface area (Å²) < 4.78 is 9.30. The molecule has 86 valence electrons. The smallest absolute Gasteiger partial charge is 0.327 e. The molecular weight excluding hydrogens is 200 g/mol. The van der Waals surface area contributed by atoms with Crippen molar-refractivity contribution in [1.29, 1.82) is 0 Å². The Kier molecular flexibility index (Phi) is 3.65. The Hall–Kier alpha value is -1.14. The molecule has 15 heavy (non-hydrogen) atoms. The van der Waals surface area contributed by atoms with Crippen LogP contribution in [0.2, 0.25) is 0 Å². The van der Waals surface area contributed by atoms with Crippen molar-refractivity contribution in [3.05, 3.63) is 0 Å². The summed E-state index contributed by atoms with van der Waals surface area (Å²) in [6.45, 7) is 0.357. The molecule has 0 bridgehead atoms. The Balaban J connectivity index is 2.73. The molecule has 0 aromatic rings. The van der Waals surface area contributed by atoms with E-state index in [0.717, 1.165) is 0 Å². The molecule has 1 rings (SSSR count). The molecule has 1 saturated heterocycles. The van der Waals surface area contributed by atoms with Crippen molar-refractivity contribution >= 4 is 11.9 Å². The van der Waals surface area contributed by atoms with Crippen LogP contribution >= 0.6 is 0 Å². The average molecular weight is 216 g/mol. The summed E-state index contributed by atoms with van der Waals surface area (Å²) in [5.74, 6) is -0.736. The Morgan fingerprint density at radius 2 is 2.07 bits per heavy atom. The number of nitrogens with one attached hydrogen (secondary N) is 2. The lowest BCUT2D eigenvalue weighted by Gasteiger charge is -2.24. The highest BCUT2D eigenvalue weighted by Gasteiger charge is 2.47. The van der Waals surface area contributed by atoms with Crippen molar-refractivity contribution in [2.45, 2.75) is 18.0 Å². The number of ether oxygens (including phenoxy) is 2. The fraction of sp³-hybridized carbons (Fsp3) is 0.778. The fourth-order valence-corrected chi connectivity index (χ4v) is 1.74. The molecule has 1 fully saturated rings. The largest absolute Gasteiger partial charge is 0.468 e. The van der Waals surface area contributed by atoms with E-state index in [1.165, 1.54) is 14.2 Å². The number of methoxy groups -OCH3 is 2. The van der Waals surface area contributed by atoms with Crippen LogP contribution < -0.4 is 10.6 Å². The first kappa shape index (κ1) is 11.9. The first-order valence-electron chi connectivity index (χ1n) is 4.68. The number of hydrogen-bond donors (Lipinski definition) is 2. The van der Waals surface area contributed by atoms with Gasteiger partial charge in [-0.25, -0.2) is 0 Å². The number of likely N-dealkylation sites (N-methyl/N-ethyl adjacent to an activating group) is 1. The molecule has 0 saturated carbocycles. The number of hydrogen-bond acceptors (Lipinski definition) is 6. The summed E-state index contributed by atoms with van der Waals surface area (Å²) in [7, 11) is 4.31. The summed E-state index contributed by atoms with van der Waals surface area (Å²) in [6, 6.07) is -0.457. The van der Waals surface area contributed by atoms with Gasteiger partial charge in [-0.05, 0) is 7.05 Å². The van der Waals surface area contributed by atoms with Crippen molar-refractivity contribution in [1.82, 2.24) is 10.6 Å². The molecule has 0 radical (unpaired) electrons. The van der Waals surface area contributed by atoms with E-state index in [1.807, 2.05) is 0 Å². The summed E-state index contributed by atoms with van der Waals surface area (Å²) >= 11 is 0. The second-order valence-corrected chi connectivity index (χ2v) is 3.48. The van der Waals surface area contributed by atoms with Crippen molar-refractivity contribution in [3.63, 3.8) is 0 Å². The second-order valence-electron chi connectivity index (χ2n) is 3.48. The molecule has 2 N–H and O–H groups in total. The SMILES string of the molecule is CN[C@@]1(C(=O)OC)CN[C@@H](C(=O)OC)C1. The van der Waals surface area contributed by atoms with Gasteiger partial charge in [-0.1, -0.05) is 0 Å². The van der Waals surface area contributed by atoms with Crippen molar-refractivity contribution in [3.8, 4) is 0 Å². The predicted octanol–water partition coefficient (Wildman–Crippen LogP) is -1.35. The van der Waals surface area contributed by atoms with E-state index in [1.54, 1.807) is 7.05 Å². The molecule has 6 heteroatoms. The van der Waals surface area contributed by atoms with E-state index in [9.17, 15) is 9.59 Å². The monoisotopic (exact) mass is 216 g/mol. The Labute approximate surface area is 88.3 Å². The van der Waals surface area contributed by atoms with Gasteiger partial charge in [0, 0.05) is 13.0 Å². The van der Waals surface area contributed by atoms with Crippen molar-refractivity contribution in [2.75, 3.05) is 27.8 Å². The van der Waals surface area contributed by atoms with Gasteiger partial charge in [0.1, 0.15) is 11.6 Å². The Morgan fingerprint density at radius 3 is 2.53 bits per heavy atom. The zero-order valence-corrected chi connectivity index (χ0v) is 9.12. The van der Waals surface area contributed by atoms with Crippen LogP contribution in [0.4, 0.5) is 0 Å². The minimum atomic E-state index is -0.826. The molecule has 1 aliphatic rings.